The molecule has 0 radical (unpaired) electrons. The molecule has 1 N–H and O–H groups in total. The van der Waals surface area contributed by atoms with E-state index in [1.807, 2.05) is 56.3 Å². The van der Waals surface area contributed by atoms with Crippen molar-refractivity contribution in [1.29, 1.82) is 0 Å². The molecular formula is C18H19NO2. The first kappa shape index (κ1) is 14.9. The van der Waals surface area contributed by atoms with Gasteiger partial charge in [0, 0.05) is 17.3 Å². The van der Waals surface area contributed by atoms with Crippen LogP contribution in [-0.4, -0.2) is 13.0 Å². The molecule has 0 atom stereocenters. The Labute approximate surface area is 125 Å². The number of amides is 1. The summed E-state index contributed by atoms with van der Waals surface area (Å²) in [6.45, 7) is 4.02. The van der Waals surface area contributed by atoms with Crippen LogP contribution in [0.15, 0.2) is 48.5 Å². The number of ether oxygens (including phenoxy) is 1. The van der Waals surface area contributed by atoms with Crippen molar-refractivity contribution in [2.75, 3.05) is 12.4 Å². The zero-order chi connectivity index (χ0) is 15.2. The van der Waals surface area contributed by atoms with Gasteiger partial charge in [-0.2, -0.15) is 0 Å². The van der Waals surface area contributed by atoms with E-state index in [9.17, 15) is 4.79 Å². The molecule has 108 valence electrons. The van der Waals surface area contributed by atoms with Crippen molar-refractivity contribution in [2.45, 2.75) is 13.8 Å². The molecule has 0 aromatic heterocycles. The van der Waals surface area contributed by atoms with Gasteiger partial charge in [0.15, 0.2) is 0 Å². The van der Waals surface area contributed by atoms with Gasteiger partial charge in [0.05, 0.1) is 7.11 Å². The number of carbonyl (C=O) groups excluding carboxylic acids is 1. The highest BCUT2D eigenvalue weighted by Gasteiger charge is 2.04. The van der Waals surface area contributed by atoms with Crippen molar-refractivity contribution >= 4 is 17.7 Å². The zero-order valence-electron chi connectivity index (χ0n) is 12.5. The molecule has 3 nitrogen and oxygen atoms in total. The second-order valence-corrected chi connectivity index (χ2v) is 4.81. The van der Waals surface area contributed by atoms with Gasteiger partial charge in [-0.25, -0.2) is 0 Å². The van der Waals surface area contributed by atoms with Gasteiger partial charge in [0.2, 0.25) is 5.91 Å². The summed E-state index contributed by atoms with van der Waals surface area (Å²) in [6.07, 6.45) is 3.26. The summed E-state index contributed by atoms with van der Waals surface area (Å²) in [4.78, 5) is 12.0. The lowest BCUT2D eigenvalue weighted by atomic mass is 10.1. The summed E-state index contributed by atoms with van der Waals surface area (Å²) in [5.74, 6) is 0.586. The van der Waals surface area contributed by atoms with Crippen molar-refractivity contribution in [1.82, 2.24) is 0 Å². The standard InChI is InChI=1S/C18H19NO2/c1-13-7-6-9-16(14(13)2)19-18(20)12-11-15-8-4-5-10-17(15)21-3/h4-12H,1-3H3,(H,19,20). The number of carbonyl (C=O) groups is 1. The van der Waals surface area contributed by atoms with Gasteiger partial charge in [-0.3, -0.25) is 4.79 Å². The van der Waals surface area contributed by atoms with E-state index in [0.29, 0.717) is 0 Å². The molecule has 2 aromatic rings. The highest BCUT2D eigenvalue weighted by atomic mass is 16.5. The van der Waals surface area contributed by atoms with Crippen LogP contribution in [0.5, 0.6) is 5.75 Å². The molecule has 0 spiro atoms. The quantitative estimate of drug-likeness (QED) is 0.861. The molecule has 0 bridgehead atoms. The summed E-state index contributed by atoms with van der Waals surface area (Å²) in [7, 11) is 1.61. The molecule has 3 heteroatoms. The van der Waals surface area contributed by atoms with Crippen molar-refractivity contribution in [3.05, 3.63) is 65.2 Å². The van der Waals surface area contributed by atoms with E-state index < -0.39 is 0 Å². The third-order valence-corrected chi connectivity index (χ3v) is 3.42. The van der Waals surface area contributed by atoms with Crippen molar-refractivity contribution < 1.29 is 9.53 Å². The summed E-state index contributed by atoms with van der Waals surface area (Å²) < 4.78 is 5.25. The maximum Gasteiger partial charge on any atom is 0.248 e. The molecule has 0 heterocycles. The van der Waals surface area contributed by atoms with Gasteiger partial charge < -0.3 is 10.1 Å². The maximum atomic E-state index is 12.0. The first-order chi connectivity index (χ1) is 10.1. The van der Waals surface area contributed by atoms with Crippen molar-refractivity contribution in [3.63, 3.8) is 0 Å². The second-order valence-electron chi connectivity index (χ2n) is 4.81. The molecule has 0 aliphatic carbocycles. The Morgan fingerprint density at radius 3 is 2.62 bits per heavy atom. The van der Waals surface area contributed by atoms with Crippen LogP contribution in [0.25, 0.3) is 6.08 Å². The Balaban J connectivity index is 2.11. The van der Waals surface area contributed by atoms with Gasteiger partial charge in [-0.15, -0.1) is 0 Å². The molecule has 0 unspecified atom stereocenters. The molecule has 1 amide bonds. The fourth-order valence-corrected chi connectivity index (χ4v) is 2.03. The van der Waals surface area contributed by atoms with Crippen molar-refractivity contribution in [3.8, 4) is 5.75 Å². The largest absolute Gasteiger partial charge is 0.496 e. The minimum atomic E-state index is -0.158. The first-order valence-corrected chi connectivity index (χ1v) is 6.80. The fraction of sp³-hybridized carbons (Fsp3) is 0.167. The number of aryl methyl sites for hydroxylation is 1. The molecule has 2 aromatic carbocycles. The molecule has 21 heavy (non-hydrogen) atoms. The lowest BCUT2D eigenvalue weighted by Gasteiger charge is -2.08. The number of anilines is 1. The Hall–Kier alpha value is -2.55. The van der Waals surface area contributed by atoms with E-state index >= 15 is 0 Å². The average molecular weight is 281 g/mol. The maximum absolute atomic E-state index is 12.0. The fourth-order valence-electron chi connectivity index (χ4n) is 2.03. The van der Waals surface area contributed by atoms with E-state index in [-0.39, 0.29) is 5.91 Å². The van der Waals surface area contributed by atoms with Crippen molar-refractivity contribution in [2.24, 2.45) is 0 Å². The number of benzene rings is 2. The summed E-state index contributed by atoms with van der Waals surface area (Å²) in [5, 5.41) is 2.89. The van der Waals surface area contributed by atoms with Gasteiger partial charge >= 0.3 is 0 Å². The highest BCUT2D eigenvalue weighted by Crippen LogP contribution is 2.20. The normalized spacial score (nSPS) is 10.6. The molecule has 2 rings (SSSR count). The predicted molar refractivity (Wildman–Crippen MR) is 86.6 cm³/mol. The molecule has 0 saturated carbocycles. The lowest BCUT2D eigenvalue weighted by molar-refractivity contribution is -0.111. The van der Waals surface area contributed by atoms with Gasteiger partial charge in [0.1, 0.15) is 5.75 Å². The van der Waals surface area contributed by atoms with Gasteiger partial charge in [-0.05, 0) is 43.2 Å². The van der Waals surface area contributed by atoms with Crippen LogP contribution in [0.1, 0.15) is 16.7 Å². The van der Waals surface area contributed by atoms with E-state index in [1.165, 1.54) is 6.08 Å². The van der Waals surface area contributed by atoms with Crippen LogP contribution in [0.3, 0.4) is 0 Å². The Kier molecular flexibility index (Phi) is 4.77. The van der Waals surface area contributed by atoms with Crippen LogP contribution in [-0.2, 0) is 4.79 Å². The number of hydrogen-bond acceptors (Lipinski definition) is 2. The van der Waals surface area contributed by atoms with E-state index in [1.54, 1.807) is 13.2 Å². The number of nitrogens with one attached hydrogen (secondary N) is 1. The van der Waals surface area contributed by atoms with E-state index in [4.69, 9.17) is 4.74 Å². The summed E-state index contributed by atoms with van der Waals surface area (Å²) in [5.41, 5.74) is 3.94. The van der Waals surface area contributed by atoms with E-state index in [2.05, 4.69) is 5.32 Å². The summed E-state index contributed by atoms with van der Waals surface area (Å²) >= 11 is 0. The average Bonchev–Trinajstić information content (AvgIpc) is 2.50. The third-order valence-electron chi connectivity index (χ3n) is 3.42. The molecule has 0 saturated heterocycles. The Morgan fingerprint density at radius 1 is 1.10 bits per heavy atom. The first-order valence-electron chi connectivity index (χ1n) is 6.80. The number of para-hydroxylation sites is 1. The predicted octanol–water partition coefficient (Wildman–Crippen LogP) is 3.96. The number of rotatable bonds is 4. The van der Waals surface area contributed by atoms with Crippen LogP contribution in [0.4, 0.5) is 5.69 Å². The minimum Gasteiger partial charge on any atom is -0.496 e. The van der Waals surface area contributed by atoms with Crippen LogP contribution in [0, 0.1) is 13.8 Å². The molecule has 0 aliphatic rings. The molecule has 0 aliphatic heterocycles. The Bertz CT molecular complexity index is 675. The number of hydrogen-bond donors (Lipinski definition) is 1. The van der Waals surface area contributed by atoms with Crippen LogP contribution >= 0.6 is 0 Å². The number of methoxy groups -OCH3 is 1. The Morgan fingerprint density at radius 2 is 1.86 bits per heavy atom. The minimum absolute atomic E-state index is 0.158. The zero-order valence-corrected chi connectivity index (χ0v) is 12.5. The van der Waals surface area contributed by atoms with Crippen LogP contribution in [0.2, 0.25) is 0 Å². The SMILES string of the molecule is COc1ccccc1C=CC(=O)Nc1cccc(C)c1C. The van der Waals surface area contributed by atoms with Gasteiger partial charge in [0.25, 0.3) is 0 Å². The lowest BCUT2D eigenvalue weighted by Crippen LogP contribution is -2.09. The molecular weight excluding hydrogens is 262 g/mol. The molecule has 0 fully saturated rings. The van der Waals surface area contributed by atoms with Gasteiger partial charge in [-0.1, -0.05) is 30.3 Å². The van der Waals surface area contributed by atoms with Crippen LogP contribution < -0.4 is 10.1 Å². The topological polar surface area (TPSA) is 38.3 Å². The summed E-state index contributed by atoms with van der Waals surface area (Å²) in [6, 6.07) is 13.4. The monoisotopic (exact) mass is 281 g/mol. The third kappa shape index (κ3) is 3.72. The highest BCUT2D eigenvalue weighted by molar-refractivity contribution is 6.02. The smallest absolute Gasteiger partial charge is 0.248 e. The van der Waals surface area contributed by atoms with E-state index in [0.717, 1.165) is 28.1 Å². The second kappa shape index (κ2) is 6.75.